The molecule has 2 aromatic rings. The van der Waals surface area contributed by atoms with Gasteiger partial charge in [-0.1, -0.05) is 53.7 Å². The second-order valence-corrected chi connectivity index (χ2v) is 5.95. The van der Waals surface area contributed by atoms with E-state index in [1.165, 1.54) is 30.1 Å². The summed E-state index contributed by atoms with van der Waals surface area (Å²) >= 11 is 7.09. The van der Waals surface area contributed by atoms with Crippen LogP contribution in [0.25, 0.3) is 0 Å². The average molecular weight is 370 g/mol. The molecule has 0 radical (unpaired) electrons. The Hall–Kier alpha value is -2.12. The highest BCUT2D eigenvalue weighted by Crippen LogP contribution is 2.24. The van der Waals surface area contributed by atoms with Crippen LogP contribution >= 0.6 is 23.4 Å². The van der Waals surface area contributed by atoms with Crippen molar-refractivity contribution >= 4 is 34.7 Å². The fraction of sp³-hybridized carbons (Fsp3) is 0.125. The lowest BCUT2D eigenvalue weighted by Crippen LogP contribution is -2.06. The largest absolute Gasteiger partial charge is 0.434 e. The van der Waals surface area contributed by atoms with E-state index in [-0.39, 0.29) is 15.9 Å². The average Bonchev–Trinajstić information content (AvgIpc) is 2.55. The lowest BCUT2D eigenvalue weighted by atomic mass is 10.2. The van der Waals surface area contributed by atoms with Crippen LogP contribution in [0.15, 0.2) is 58.7 Å². The van der Waals surface area contributed by atoms with Crippen molar-refractivity contribution in [2.24, 2.45) is 15.9 Å². The van der Waals surface area contributed by atoms with E-state index >= 15 is 0 Å². The Morgan fingerprint density at radius 1 is 1.25 bits per heavy atom. The van der Waals surface area contributed by atoms with Crippen LogP contribution in [0.4, 0.5) is 8.78 Å². The number of benzene rings is 2. The first-order valence-electron chi connectivity index (χ1n) is 6.82. The molecule has 0 saturated carbocycles. The molecule has 2 aromatic carbocycles. The van der Waals surface area contributed by atoms with E-state index in [9.17, 15) is 8.78 Å². The number of rotatable bonds is 6. The monoisotopic (exact) mass is 369 g/mol. The molecule has 8 heteroatoms. The zero-order chi connectivity index (χ0) is 17.4. The summed E-state index contributed by atoms with van der Waals surface area (Å²) in [5, 5.41) is 8.17. The van der Waals surface area contributed by atoms with E-state index in [1.807, 2.05) is 30.3 Å². The van der Waals surface area contributed by atoms with Gasteiger partial charge in [0.05, 0.1) is 6.21 Å². The van der Waals surface area contributed by atoms with Crippen molar-refractivity contribution in [2.45, 2.75) is 12.4 Å². The molecule has 0 aliphatic rings. The molecule has 126 valence electrons. The number of thioether (sulfide) groups is 1. The topological polar surface area (TPSA) is 60.0 Å². The second kappa shape index (κ2) is 9.24. The molecule has 2 N–H and O–H groups in total. The lowest BCUT2D eigenvalue weighted by molar-refractivity contribution is -0.0499. The van der Waals surface area contributed by atoms with Crippen molar-refractivity contribution in [2.75, 3.05) is 0 Å². The summed E-state index contributed by atoms with van der Waals surface area (Å²) in [6.45, 7) is -2.95. The van der Waals surface area contributed by atoms with Gasteiger partial charge in [0.25, 0.3) is 0 Å². The Morgan fingerprint density at radius 2 is 2.00 bits per heavy atom. The third-order valence-electron chi connectivity index (χ3n) is 2.77. The number of alkyl halides is 2. The van der Waals surface area contributed by atoms with Gasteiger partial charge in [0.1, 0.15) is 5.75 Å². The number of amidine groups is 1. The highest BCUT2D eigenvalue weighted by Gasteiger charge is 2.09. The Balaban J connectivity index is 1.99. The molecule has 0 heterocycles. The maximum Gasteiger partial charge on any atom is 0.387 e. The Labute approximate surface area is 147 Å². The van der Waals surface area contributed by atoms with Gasteiger partial charge in [0.15, 0.2) is 5.17 Å². The van der Waals surface area contributed by atoms with Gasteiger partial charge in [-0.3, -0.25) is 0 Å². The molecule has 0 aliphatic heterocycles. The summed E-state index contributed by atoms with van der Waals surface area (Å²) in [4.78, 5) is 0. The van der Waals surface area contributed by atoms with Crippen molar-refractivity contribution in [1.82, 2.24) is 0 Å². The molecular weight excluding hydrogens is 356 g/mol. The van der Waals surface area contributed by atoms with Crippen LogP contribution in [0.1, 0.15) is 11.1 Å². The van der Waals surface area contributed by atoms with Crippen LogP contribution in [0.5, 0.6) is 5.75 Å². The SMILES string of the molecule is NC(=NN=Cc1ccc(Cl)cc1OC(F)F)SCc1ccccc1. The number of hydrogen-bond acceptors (Lipinski definition) is 4. The highest BCUT2D eigenvalue weighted by molar-refractivity contribution is 8.13. The fourth-order valence-corrected chi connectivity index (χ4v) is 2.50. The van der Waals surface area contributed by atoms with Crippen LogP contribution < -0.4 is 10.5 Å². The third kappa shape index (κ3) is 6.17. The van der Waals surface area contributed by atoms with Crippen LogP contribution in [0.3, 0.4) is 0 Å². The van der Waals surface area contributed by atoms with Crippen molar-refractivity contribution in [3.63, 3.8) is 0 Å². The molecule has 0 unspecified atom stereocenters. The van der Waals surface area contributed by atoms with Crippen LogP contribution in [-0.2, 0) is 5.75 Å². The van der Waals surface area contributed by atoms with Gasteiger partial charge in [-0.15, -0.1) is 5.10 Å². The Bertz CT molecular complexity index is 727. The number of ether oxygens (including phenoxy) is 1. The predicted octanol–water partition coefficient (Wildman–Crippen LogP) is 4.52. The van der Waals surface area contributed by atoms with E-state index in [0.29, 0.717) is 11.3 Å². The van der Waals surface area contributed by atoms with E-state index in [4.69, 9.17) is 17.3 Å². The molecule has 0 amide bonds. The Morgan fingerprint density at radius 3 is 2.71 bits per heavy atom. The quantitative estimate of drug-likeness (QED) is 0.462. The molecule has 0 spiro atoms. The molecule has 0 saturated heterocycles. The van der Waals surface area contributed by atoms with E-state index in [1.54, 1.807) is 6.07 Å². The van der Waals surface area contributed by atoms with Gasteiger partial charge in [0, 0.05) is 16.3 Å². The maximum atomic E-state index is 12.4. The van der Waals surface area contributed by atoms with Gasteiger partial charge in [-0.25, -0.2) is 0 Å². The van der Waals surface area contributed by atoms with E-state index < -0.39 is 6.61 Å². The first-order chi connectivity index (χ1) is 11.5. The van der Waals surface area contributed by atoms with Gasteiger partial charge in [-0.05, 0) is 23.8 Å². The molecule has 24 heavy (non-hydrogen) atoms. The number of nitrogens with zero attached hydrogens (tertiary/aromatic N) is 2. The van der Waals surface area contributed by atoms with Crippen molar-refractivity contribution in [3.8, 4) is 5.75 Å². The molecular formula is C16H14ClF2N3OS. The van der Waals surface area contributed by atoms with Crippen LogP contribution in [-0.4, -0.2) is 18.0 Å². The standard InChI is InChI=1S/C16H14ClF2N3OS/c17-13-7-6-12(14(8-13)23-15(18)19)9-21-22-16(20)24-10-11-4-2-1-3-5-11/h1-9,15H,10H2,(H2,20,22). The normalized spacial score (nSPS) is 12.1. The zero-order valence-corrected chi connectivity index (χ0v) is 14.0. The summed E-state index contributed by atoms with van der Waals surface area (Å²) in [5.74, 6) is 0.582. The number of nitrogens with two attached hydrogens (primary N) is 1. The van der Waals surface area contributed by atoms with Crippen molar-refractivity contribution in [1.29, 1.82) is 0 Å². The summed E-state index contributed by atoms with van der Waals surface area (Å²) < 4.78 is 29.2. The summed E-state index contributed by atoms with van der Waals surface area (Å²) in [5.41, 5.74) is 7.19. The molecule has 0 fully saturated rings. The number of hydrogen-bond donors (Lipinski definition) is 1. The minimum absolute atomic E-state index is 0.0769. The lowest BCUT2D eigenvalue weighted by Gasteiger charge is -2.07. The van der Waals surface area contributed by atoms with Gasteiger partial charge in [-0.2, -0.15) is 13.9 Å². The first kappa shape index (κ1) is 18.2. The Kier molecular flexibility index (Phi) is 7.02. The summed E-state index contributed by atoms with van der Waals surface area (Å²) in [6.07, 6.45) is 1.28. The van der Waals surface area contributed by atoms with Gasteiger partial charge in [0.2, 0.25) is 0 Å². The summed E-state index contributed by atoms with van der Waals surface area (Å²) in [7, 11) is 0. The zero-order valence-electron chi connectivity index (χ0n) is 12.4. The molecule has 4 nitrogen and oxygen atoms in total. The maximum absolute atomic E-state index is 12.4. The molecule has 0 aromatic heterocycles. The molecule has 2 rings (SSSR count). The van der Waals surface area contributed by atoms with E-state index in [0.717, 1.165) is 5.56 Å². The fourth-order valence-electron chi connectivity index (χ4n) is 1.72. The smallest absolute Gasteiger partial charge is 0.387 e. The molecule has 0 aliphatic carbocycles. The minimum Gasteiger partial charge on any atom is -0.434 e. The van der Waals surface area contributed by atoms with Gasteiger partial charge >= 0.3 is 6.61 Å². The minimum atomic E-state index is -2.95. The second-order valence-electron chi connectivity index (χ2n) is 4.52. The molecule has 0 atom stereocenters. The van der Waals surface area contributed by atoms with E-state index in [2.05, 4.69) is 14.9 Å². The summed E-state index contributed by atoms with van der Waals surface area (Å²) in [6, 6.07) is 14.1. The van der Waals surface area contributed by atoms with Crippen molar-refractivity contribution in [3.05, 3.63) is 64.7 Å². The highest BCUT2D eigenvalue weighted by atomic mass is 35.5. The van der Waals surface area contributed by atoms with Crippen molar-refractivity contribution < 1.29 is 13.5 Å². The molecule has 0 bridgehead atoms. The van der Waals surface area contributed by atoms with Gasteiger partial charge < -0.3 is 10.5 Å². The number of halogens is 3. The van der Waals surface area contributed by atoms with Crippen LogP contribution in [0, 0.1) is 0 Å². The first-order valence-corrected chi connectivity index (χ1v) is 8.18. The third-order valence-corrected chi connectivity index (χ3v) is 3.86. The van der Waals surface area contributed by atoms with Crippen LogP contribution in [0.2, 0.25) is 5.02 Å². The predicted molar refractivity (Wildman–Crippen MR) is 95.0 cm³/mol.